The highest BCUT2D eigenvalue weighted by Gasteiger charge is 2.17. The van der Waals surface area contributed by atoms with Gasteiger partial charge >= 0.3 is 0 Å². The Labute approximate surface area is 143 Å². The van der Waals surface area contributed by atoms with Crippen LogP contribution in [0.15, 0.2) is 38.6 Å². The number of phenolic OH excluding ortho intramolecular Hbond substituents is 2. The number of carbonyl (C=O) groups excluding carboxylic acids is 1. The third kappa shape index (κ3) is 3.28. The predicted molar refractivity (Wildman–Crippen MR) is 89.2 cm³/mol. The van der Waals surface area contributed by atoms with Crippen molar-refractivity contribution in [1.29, 1.82) is 0 Å². The molecule has 0 aliphatic carbocycles. The first-order valence-electron chi connectivity index (χ1n) is 6.06. The zero-order valence-electron chi connectivity index (χ0n) is 11.3. The largest absolute Gasteiger partial charge is 0.506 e. The lowest BCUT2D eigenvalue weighted by atomic mass is 10.1. The quantitative estimate of drug-likeness (QED) is 0.517. The number of hydrogen-bond acceptors (Lipinski definition) is 5. The molecular formula is C14H11Br2N3O3. The van der Waals surface area contributed by atoms with E-state index in [1.54, 1.807) is 19.1 Å². The summed E-state index contributed by atoms with van der Waals surface area (Å²) in [5, 5.41) is 23.6. The number of halogens is 2. The molecule has 1 amide bonds. The number of benzene rings is 1. The number of nitrogens with zero attached hydrogens (tertiary/aromatic N) is 2. The van der Waals surface area contributed by atoms with Gasteiger partial charge in [0.1, 0.15) is 16.0 Å². The van der Waals surface area contributed by atoms with Crippen LogP contribution >= 0.6 is 31.9 Å². The molecule has 3 N–H and O–H groups in total. The van der Waals surface area contributed by atoms with Crippen LogP contribution in [-0.4, -0.2) is 27.3 Å². The molecule has 0 radical (unpaired) electrons. The molecule has 0 atom stereocenters. The first-order chi connectivity index (χ1) is 10.4. The molecule has 0 saturated carbocycles. The highest BCUT2D eigenvalue weighted by atomic mass is 79.9. The van der Waals surface area contributed by atoms with Crippen LogP contribution in [0.25, 0.3) is 0 Å². The third-order valence-electron chi connectivity index (χ3n) is 2.91. The number of hydrazone groups is 1. The van der Waals surface area contributed by atoms with E-state index in [-0.39, 0.29) is 16.0 Å². The summed E-state index contributed by atoms with van der Waals surface area (Å²) < 4.78 is 0.575. The van der Waals surface area contributed by atoms with Crippen molar-refractivity contribution in [2.24, 2.45) is 5.10 Å². The molecule has 2 rings (SSSR count). The molecule has 8 heteroatoms. The minimum absolute atomic E-state index is 0.104. The summed E-state index contributed by atoms with van der Waals surface area (Å²) in [6.07, 6.45) is 4.31. The van der Waals surface area contributed by atoms with Crippen molar-refractivity contribution in [1.82, 2.24) is 10.4 Å². The number of nitrogens with one attached hydrogen (secondary N) is 1. The van der Waals surface area contributed by atoms with Crippen LogP contribution in [-0.2, 0) is 0 Å². The average Bonchev–Trinajstić information content (AvgIpc) is 2.55. The normalized spacial score (nSPS) is 10.9. The second-order valence-electron chi connectivity index (χ2n) is 4.30. The van der Waals surface area contributed by atoms with E-state index in [4.69, 9.17) is 0 Å². The minimum atomic E-state index is -0.396. The monoisotopic (exact) mass is 427 g/mol. The van der Waals surface area contributed by atoms with Crippen LogP contribution in [0, 0.1) is 6.92 Å². The molecule has 1 heterocycles. The fourth-order valence-corrected chi connectivity index (χ4v) is 2.77. The Kier molecular flexibility index (Phi) is 5.15. The van der Waals surface area contributed by atoms with Crippen molar-refractivity contribution in [2.75, 3.05) is 0 Å². The summed E-state index contributed by atoms with van der Waals surface area (Å²) in [5.41, 5.74) is 3.72. The van der Waals surface area contributed by atoms with Gasteiger partial charge in [-0.1, -0.05) is 0 Å². The predicted octanol–water partition coefficient (Wildman–Crippen LogP) is 3.09. The van der Waals surface area contributed by atoms with E-state index in [9.17, 15) is 15.0 Å². The molecule has 22 heavy (non-hydrogen) atoms. The Hall–Kier alpha value is -1.93. The van der Waals surface area contributed by atoms with Gasteiger partial charge in [0.15, 0.2) is 0 Å². The van der Waals surface area contributed by atoms with Crippen molar-refractivity contribution < 1.29 is 15.0 Å². The summed E-state index contributed by atoms with van der Waals surface area (Å²) in [6.45, 7) is 1.70. The van der Waals surface area contributed by atoms with Crippen molar-refractivity contribution >= 4 is 44.0 Å². The Morgan fingerprint density at radius 1 is 1.23 bits per heavy atom. The van der Waals surface area contributed by atoms with Crippen molar-refractivity contribution in [2.45, 2.75) is 6.92 Å². The third-order valence-corrected chi connectivity index (χ3v) is 4.64. The number of pyridine rings is 1. The summed E-state index contributed by atoms with van der Waals surface area (Å²) in [5.74, 6) is -0.666. The van der Waals surface area contributed by atoms with Gasteiger partial charge in [0.05, 0.1) is 10.7 Å². The van der Waals surface area contributed by atoms with Crippen LogP contribution in [0.4, 0.5) is 0 Å². The summed E-state index contributed by atoms with van der Waals surface area (Å²) >= 11 is 6.31. The molecule has 114 valence electrons. The first kappa shape index (κ1) is 16.4. The Morgan fingerprint density at radius 2 is 1.86 bits per heavy atom. The number of carbonyl (C=O) groups is 1. The van der Waals surface area contributed by atoms with Gasteiger partial charge in [0.25, 0.3) is 5.91 Å². The number of aromatic hydroxyl groups is 2. The van der Waals surface area contributed by atoms with Crippen LogP contribution in [0.3, 0.4) is 0 Å². The van der Waals surface area contributed by atoms with Crippen molar-refractivity contribution in [3.63, 3.8) is 0 Å². The van der Waals surface area contributed by atoms with Gasteiger partial charge in [-0.2, -0.15) is 5.10 Å². The standard InChI is InChI=1S/C14H11Br2N3O3/c1-7-9(12(20)11(16)13(21)10(7)15)6-18-19-14(22)8-2-4-17-5-3-8/h2-6,20-21H,1H3,(H,19,22)/b18-6-. The SMILES string of the molecule is Cc1c(Br)c(O)c(Br)c(O)c1/C=N\NC(=O)c1ccncc1. The van der Waals surface area contributed by atoms with Crippen LogP contribution < -0.4 is 5.43 Å². The van der Waals surface area contributed by atoms with E-state index >= 15 is 0 Å². The van der Waals surface area contributed by atoms with E-state index in [1.807, 2.05) is 0 Å². The van der Waals surface area contributed by atoms with Crippen LogP contribution in [0.2, 0.25) is 0 Å². The lowest BCUT2D eigenvalue weighted by molar-refractivity contribution is 0.0955. The summed E-state index contributed by atoms with van der Waals surface area (Å²) in [7, 11) is 0. The van der Waals surface area contributed by atoms with Gasteiger partial charge < -0.3 is 10.2 Å². The molecular weight excluding hydrogens is 418 g/mol. The van der Waals surface area contributed by atoms with Crippen molar-refractivity contribution in [3.05, 3.63) is 50.2 Å². The van der Waals surface area contributed by atoms with Gasteiger partial charge in [0, 0.05) is 23.5 Å². The zero-order valence-corrected chi connectivity index (χ0v) is 14.5. The van der Waals surface area contributed by atoms with Gasteiger partial charge in [-0.15, -0.1) is 0 Å². The molecule has 0 bridgehead atoms. The number of phenols is 2. The molecule has 0 aliphatic heterocycles. The van der Waals surface area contributed by atoms with Crippen LogP contribution in [0.5, 0.6) is 11.5 Å². The Morgan fingerprint density at radius 3 is 2.50 bits per heavy atom. The Bertz CT molecular complexity index is 720. The number of hydrogen-bond donors (Lipinski definition) is 3. The topological polar surface area (TPSA) is 94.8 Å². The van der Waals surface area contributed by atoms with Gasteiger partial charge in [0.2, 0.25) is 0 Å². The maximum Gasteiger partial charge on any atom is 0.271 e. The molecule has 0 saturated heterocycles. The highest BCUT2D eigenvalue weighted by molar-refractivity contribution is 9.11. The minimum Gasteiger partial charge on any atom is -0.506 e. The molecule has 6 nitrogen and oxygen atoms in total. The number of amides is 1. The summed E-state index contributed by atoms with van der Waals surface area (Å²) in [4.78, 5) is 15.6. The van der Waals surface area contributed by atoms with E-state index in [0.717, 1.165) is 0 Å². The fraction of sp³-hybridized carbons (Fsp3) is 0.0714. The second-order valence-corrected chi connectivity index (χ2v) is 5.88. The molecule has 0 fully saturated rings. The maximum atomic E-state index is 11.8. The molecule has 1 aromatic carbocycles. The van der Waals surface area contributed by atoms with Gasteiger partial charge in [-0.3, -0.25) is 9.78 Å². The smallest absolute Gasteiger partial charge is 0.271 e. The van der Waals surface area contributed by atoms with E-state index < -0.39 is 5.91 Å². The lowest BCUT2D eigenvalue weighted by Gasteiger charge is -2.10. The van der Waals surface area contributed by atoms with E-state index in [0.29, 0.717) is 21.2 Å². The van der Waals surface area contributed by atoms with Gasteiger partial charge in [-0.05, 0) is 56.5 Å². The second kappa shape index (κ2) is 6.89. The molecule has 2 aromatic rings. The Balaban J connectivity index is 2.23. The molecule has 0 spiro atoms. The summed E-state index contributed by atoms with van der Waals surface area (Å²) in [6, 6.07) is 3.11. The van der Waals surface area contributed by atoms with E-state index in [1.165, 1.54) is 18.6 Å². The fourth-order valence-electron chi connectivity index (χ4n) is 1.68. The molecule has 0 unspecified atom stereocenters. The van der Waals surface area contributed by atoms with Gasteiger partial charge in [-0.25, -0.2) is 5.43 Å². The average molecular weight is 429 g/mol. The molecule has 0 aliphatic rings. The van der Waals surface area contributed by atoms with Crippen LogP contribution in [0.1, 0.15) is 21.5 Å². The molecule has 1 aromatic heterocycles. The lowest BCUT2D eigenvalue weighted by Crippen LogP contribution is -2.17. The first-order valence-corrected chi connectivity index (χ1v) is 7.65. The zero-order chi connectivity index (χ0) is 16.3. The highest BCUT2D eigenvalue weighted by Crippen LogP contribution is 2.43. The number of aromatic nitrogens is 1. The number of rotatable bonds is 3. The van der Waals surface area contributed by atoms with Crippen molar-refractivity contribution in [3.8, 4) is 11.5 Å². The van der Waals surface area contributed by atoms with E-state index in [2.05, 4.69) is 47.4 Å². The maximum absolute atomic E-state index is 11.8.